The number of aromatic nitrogens is 4. The third-order valence-corrected chi connectivity index (χ3v) is 4.90. The van der Waals surface area contributed by atoms with Gasteiger partial charge in [0, 0.05) is 31.7 Å². The molecule has 2 aliphatic heterocycles. The van der Waals surface area contributed by atoms with Crippen molar-refractivity contribution < 1.29 is 9.53 Å². The fourth-order valence-corrected chi connectivity index (χ4v) is 3.64. The second-order valence-corrected chi connectivity index (χ2v) is 6.70. The Balaban J connectivity index is 1.39. The number of piperidine rings is 1. The summed E-state index contributed by atoms with van der Waals surface area (Å²) in [5.41, 5.74) is 0.715. The molecule has 4 rings (SSSR count). The van der Waals surface area contributed by atoms with E-state index >= 15 is 0 Å². The molecule has 0 aromatic carbocycles. The molecule has 2 amide bonds. The average molecular weight is 344 g/mol. The second kappa shape index (κ2) is 7.26. The molecule has 8 nitrogen and oxygen atoms in total. The van der Waals surface area contributed by atoms with Crippen LogP contribution in [0.1, 0.15) is 44.0 Å². The van der Waals surface area contributed by atoms with E-state index in [0.29, 0.717) is 5.69 Å². The summed E-state index contributed by atoms with van der Waals surface area (Å²) in [6, 6.07) is -0.0940. The van der Waals surface area contributed by atoms with Gasteiger partial charge in [0.1, 0.15) is 5.82 Å². The number of carbonyl (C=O) groups excluding carboxylic acids is 1. The number of nitrogens with zero attached hydrogens (tertiary/aromatic N) is 4. The minimum absolute atomic E-state index is 0.00526. The third-order valence-electron chi connectivity index (χ3n) is 4.90. The summed E-state index contributed by atoms with van der Waals surface area (Å²) in [6.07, 6.45) is 12.6. The van der Waals surface area contributed by atoms with Crippen molar-refractivity contribution in [2.24, 2.45) is 0 Å². The summed E-state index contributed by atoms with van der Waals surface area (Å²) >= 11 is 0. The maximum absolute atomic E-state index is 12.7. The van der Waals surface area contributed by atoms with Gasteiger partial charge in [-0.05, 0) is 32.1 Å². The van der Waals surface area contributed by atoms with Crippen molar-refractivity contribution >= 4 is 11.7 Å². The molecule has 0 radical (unpaired) electrons. The summed E-state index contributed by atoms with van der Waals surface area (Å²) in [6.45, 7) is 2.30. The summed E-state index contributed by atoms with van der Waals surface area (Å²) in [7, 11) is 0. The number of hydrogen-bond acceptors (Lipinski definition) is 4. The van der Waals surface area contributed by atoms with E-state index < -0.39 is 0 Å². The van der Waals surface area contributed by atoms with Crippen LogP contribution in [0.25, 0.3) is 0 Å². The number of hydrogen-bond donors (Lipinski definition) is 2. The predicted molar refractivity (Wildman–Crippen MR) is 92.1 cm³/mol. The van der Waals surface area contributed by atoms with Crippen LogP contribution in [0.4, 0.5) is 10.5 Å². The zero-order chi connectivity index (χ0) is 17.1. The minimum Gasteiger partial charge on any atom is -0.376 e. The van der Waals surface area contributed by atoms with Gasteiger partial charge in [-0.3, -0.25) is 4.68 Å². The van der Waals surface area contributed by atoms with Gasteiger partial charge in [-0.2, -0.15) is 5.10 Å². The molecule has 2 aromatic heterocycles. The molecule has 25 heavy (non-hydrogen) atoms. The molecule has 2 aliphatic rings. The molecule has 0 bridgehead atoms. The Morgan fingerprint density at radius 1 is 1.36 bits per heavy atom. The highest BCUT2D eigenvalue weighted by molar-refractivity contribution is 5.89. The van der Waals surface area contributed by atoms with E-state index in [-0.39, 0.29) is 18.2 Å². The van der Waals surface area contributed by atoms with Crippen molar-refractivity contribution in [1.29, 1.82) is 0 Å². The summed E-state index contributed by atoms with van der Waals surface area (Å²) in [5.74, 6) is 0.851. The molecule has 0 spiro atoms. The van der Waals surface area contributed by atoms with Crippen LogP contribution in [-0.2, 0) is 11.3 Å². The normalized spacial score (nSPS) is 23.8. The quantitative estimate of drug-likeness (QED) is 0.892. The topological polar surface area (TPSA) is 88.1 Å². The average Bonchev–Trinajstić information content (AvgIpc) is 3.38. The van der Waals surface area contributed by atoms with E-state index in [2.05, 4.69) is 20.4 Å². The molecule has 8 heteroatoms. The fraction of sp³-hybridized carbons (Fsp3) is 0.588. The van der Waals surface area contributed by atoms with Gasteiger partial charge in [-0.25, -0.2) is 9.78 Å². The van der Waals surface area contributed by atoms with Gasteiger partial charge in [0.05, 0.1) is 30.6 Å². The molecule has 0 aliphatic carbocycles. The first-order chi connectivity index (χ1) is 12.3. The van der Waals surface area contributed by atoms with Crippen LogP contribution in [0.15, 0.2) is 24.8 Å². The number of nitrogens with one attached hydrogen (secondary N) is 2. The van der Waals surface area contributed by atoms with Gasteiger partial charge in [-0.1, -0.05) is 0 Å². The SMILES string of the molecule is O=C(Nc1cnn(C[C@@H]2CCCO2)c1)N1CCCC[C@H]1c1ncc[nH]1. The Morgan fingerprint density at radius 2 is 2.32 bits per heavy atom. The van der Waals surface area contributed by atoms with Crippen LogP contribution >= 0.6 is 0 Å². The van der Waals surface area contributed by atoms with Gasteiger partial charge >= 0.3 is 6.03 Å². The Kier molecular flexibility index (Phi) is 4.69. The number of carbonyl (C=O) groups is 1. The lowest BCUT2D eigenvalue weighted by Crippen LogP contribution is -2.41. The molecular weight excluding hydrogens is 320 g/mol. The van der Waals surface area contributed by atoms with Gasteiger partial charge in [-0.15, -0.1) is 0 Å². The molecule has 2 atom stereocenters. The fourth-order valence-electron chi connectivity index (χ4n) is 3.64. The third kappa shape index (κ3) is 3.68. The predicted octanol–water partition coefficient (Wildman–Crippen LogP) is 2.54. The van der Waals surface area contributed by atoms with E-state index in [1.54, 1.807) is 18.6 Å². The largest absolute Gasteiger partial charge is 0.376 e. The van der Waals surface area contributed by atoms with Crippen LogP contribution in [0, 0.1) is 0 Å². The minimum atomic E-state index is -0.0993. The van der Waals surface area contributed by atoms with Crippen LogP contribution in [-0.4, -0.2) is 49.9 Å². The van der Waals surface area contributed by atoms with E-state index in [0.717, 1.165) is 57.6 Å². The van der Waals surface area contributed by atoms with Crippen molar-refractivity contribution in [2.45, 2.75) is 50.8 Å². The highest BCUT2D eigenvalue weighted by Crippen LogP contribution is 2.29. The van der Waals surface area contributed by atoms with Crippen molar-refractivity contribution in [3.05, 3.63) is 30.6 Å². The number of imidazole rings is 1. The molecule has 4 heterocycles. The molecular formula is C17H24N6O2. The van der Waals surface area contributed by atoms with Crippen molar-refractivity contribution in [3.8, 4) is 0 Å². The maximum Gasteiger partial charge on any atom is 0.322 e. The highest BCUT2D eigenvalue weighted by Gasteiger charge is 2.29. The first-order valence-corrected chi connectivity index (χ1v) is 9.00. The lowest BCUT2D eigenvalue weighted by Gasteiger charge is -2.34. The number of likely N-dealkylation sites (tertiary alicyclic amines) is 1. The number of H-pyrrole nitrogens is 1. The number of aromatic amines is 1. The zero-order valence-electron chi connectivity index (χ0n) is 14.2. The van der Waals surface area contributed by atoms with E-state index in [4.69, 9.17) is 4.74 Å². The summed E-state index contributed by atoms with van der Waals surface area (Å²) in [5, 5.41) is 7.30. The van der Waals surface area contributed by atoms with E-state index in [9.17, 15) is 4.79 Å². The monoisotopic (exact) mass is 344 g/mol. The molecule has 2 saturated heterocycles. The molecule has 0 saturated carbocycles. The van der Waals surface area contributed by atoms with Crippen LogP contribution in [0.5, 0.6) is 0 Å². The Morgan fingerprint density at radius 3 is 3.12 bits per heavy atom. The second-order valence-electron chi connectivity index (χ2n) is 6.70. The van der Waals surface area contributed by atoms with Gasteiger partial charge in [0.25, 0.3) is 0 Å². The summed E-state index contributed by atoms with van der Waals surface area (Å²) < 4.78 is 7.47. The molecule has 0 unspecified atom stereocenters. The van der Waals surface area contributed by atoms with E-state index in [1.807, 2.05) is 15.8 Å². The molecule has 134 valence electrons. The number of amides is 2. The molecule has 2 fully saturated rings. The molecule has 2 aromatic rings. The van der Waals surface area contributed by atoms with E-state index in [1.165, 1.54) is 0 Å². The number of ether oxygens (including phenoxy) is 1. The Hall–Kier alpha value is -2.35. The smallest absolute Gasteiger partial charge is 0.322 e. The van der Waals surface area contributed by atoms with Crippen LogP contribution in [0.2, 0.25) is 0 Å². The molecule has 2 N–H and O–H groups in total. The highest BCUT2D eigenvalue weighted by atomic mass is 16.5. The Bertz CT molecular complexity index is 692. The van der Waals surface area contributed by atoms with Crippen LogP contribution < -0.4 is 5.32 Å². The Labute approximate surface area is 146 Å². The van der Waals surface area contributed by atoms with Gasteiger partial charge in [0.15, 0.2) is 0 Å². The standard InChI is InChI=1S/C17H24N6O2/c24-17(23-8-2-1-5-15(23)16-18-6-7-19-16)21-13-10-20-22(11-13)12-14-4-3-9-25-14/h6-7,10-11,14-15H,1-5,8-9,12H2,(H,18,19)(H,21,24)/t14-,15-/m0/s1. The first-order valence-electron chi connectivity index (χ1n) is 9.00. The van der Waals surface area contributed by atoms with Crippen LogP contribution in [0.3, 0.4) is 0 Å². The van der Waals surface area contributed by atoms with Crippen molar-refractivity contribution in [3.63, 3.8) is 0 Å². The van der Waals surface area contributed by atoms with Crippen molar-refractivity contribution in [1.82, 2.24) is 24.6 Å². The number of urea groups is 1. The number of anilines is 1. The maximum atomic E-state index is 12.7. The summed E-state index contributed by atoms with van der Waals surface area (Å²) in [4.78, 5) is 22.1. The van der Waals surface area contributed by atoms with Gasteiger partial charge in [0.2, 0.25) is 0 Å². The number of rotatable bonds is 4. The zero-order valence-corrected chi connectivity index (χ0v) is 14.2. The van der Waals surface area contributed by atoms with Crippen molar-refractivity contribution in [2.75, 3.05) is 18.5 Å². The lowest BCUT2D eigenvalue weighted by molar-refractivity contribution is 0.0940. The lowest BCUT2D eigenvalue weighted by atomic mass is 10.0. The van der Waals surface area contributed by atoms with Gasteiger partial charge < -0.3 is 19.9 Å². The first kappa shape index (κ1) is 16.1.